The molecule has 1 rings (SSSR count). The van der Waals surface area contributed by atoms with E-state index in [9.17, 15) is 18.4 Å². The molecule has 0 atom stereocenters. The monoisotopic (exact) mass is 257 g/mol. The van der Waals surface area contributed by atoms with E-state index >= 15 is 0 Å². The normalized spacial score (nSPS) is 10.2. The fourth-order valence-corrected chi connectivity index (χ4v) is 1.48. The van der Waals surface area contributed by atoms with Crippen molar-refractivity contribution >= 4 is 11.9 Å². The summed E-state index contributed by atoms with van der Waals surface area (Å²) >= 11 is 0. The maximum Gasteiger partial charge on any atom is 0.312 e. The summed E-state index contributed by atoms with van der Waals surface area (Å²) in [5.41, 5.74) is 0.412. The van der Waals surface area contributed by atoms with Crippen LogP contribution in [0.3, 0.4) is 0 Å². The van der Waals surface area contributed by atoms with E-state index < -0.39 is 29.9 Å². The van der Waals surface area contributed by atoms with E-state index in [0.29, 0.717) is 12.1 Å². The van der Waals surface area contributed by atoms with Gasteiger partial charge >= 0.3 is 5.97 Å². The molecule has 1 N–H and O–H groups in total. The highest BCUT2D eigenvalue weighted by molar-refractivity contribution is 5.93. The smallest absolute Gasteiger partial charge is 0.312 e. The summed E-state index contributed by atoms with van der Waals surface area (Å²) in [4.78, 5) is 23.2. The molecule has 18 heavy (non-hydrogen) atoms. The number of hydrogen-bond donors (Lipinski definition) is 1. The third-order valence-electron chi connectivity index (χ3n) is 2.39. The summed E-state index contributed by atoms with van der Waals surface area (Å²) in [6, 6.07) is 3.32. The molecule has 4 nitrogen and oxygen atoms in total. The molecule has 0 aliphatic heterocycles. The van der Waals surface area contributed by atoms with Crippen LogP contribution in [0.5, 0.6) is 0 Å². The molecule has 0 unspecified atom stereocenters. The molecule has 0 fully saturated rings. The Bertz CT molecular complexity index is 463. The fourth-order valence-electron chi connectivity index (χ4n) is 1.48. The third-order valence-corrected chi connectivity index (χ3v) is 2.39. The Labute approximate surface area is 103 Å². The SMILES string of the molecule is CCN(Cc1ccc(F)c(F)c1)C(=O)CC(=O)O. The van der Waals surface area contributed by atoms with Crippen LogP contribution >= 0.6 is 0 Å². The average Bonchev–Trinajstić information content (AvgIpc) is 2.29. The number of amides is 1. The first kappa shape index (κ1) is 14.1. The van der Waals surface area contributed by atoms with Crippen molar-refractivity contribution in [3.8, 4) is 0 Å². The van der Waals surface area contributed by atoms with Gasteiger partial charge in [0.2, 0.25) is 5.91 Å². The van der Waals surface area contributed by atoms with Gasteiger partial charge in [-0.1, -0.05) is 6.07 Å². The fraction of sp³-hybridized carbons (Fsp3) is 0.333. The van der Waals surface area contributed by atoms with Crippen LogP contribution < -0.4 is 0 Å². The summed E-state index contributed by atoms with van der Waals surface area (Å²) in [7, 11) is 0. The van der Waals surface area contributed by atoms with Crippen molar-refractivity contribution in [2.45, 2.75) is 19.9 Å². The van der Waals surface area contributed by atoms with Gasteiger partial charge in [0.25, 0.3) is 0 Å². The molecule has 0 spiro atoms. The Kier molecular flexibility index (Phi) is 4.76. The number of benzene rings is 1. The Morgan fingerprint density at radius 3 is 2.44 bits per heavy atom. The van der Waals surface area contributed by atoms with Crippen molar-refractivity contribution in [1.29, 1.82) is 0 Å². The van der Waals surface area contributed by atoms with E-state index in [4.69, 9.17) is 5.11 Å². The van der Waals surface area contributed by atoms with Crippen molar-refractivity contribution in [3.63, 3.8) is 0 Å². The molecule has 0 heterocycles. The van der Waals surface area contributed by atoms with E-state index in [-0.39, 0.29) is 6.54 Å². The molecule has 0 aliphatic carbocycles. The molecule has 6 heteroatoms. The van der Waals surface area contributed by atoms with Crippen LogP contribution in [0.1, 0.15) is 18.9 Å². The van der Waals surface area contributed by atoms with Gasteiger partial charge in [-0.2, -0.15) is 0 Å². The first-order chi connectivity index (χ1) is 8.43. The number of carbonyl (C=O) groups is 2. The van der Waals surface area contributed by atoms with Gasteiger partial charge in [0.05, 0.1) is 0 Å². The lowest BCUT2D eigenvalue weighted by Gasteiger charge is -2.20. The predicted molar refractivity (Wildman–Crippen MR) is 59.7 cm³/mol. The second-order valence-corrected chi connectivity index (χ2v) is 3.73. The standard InChI is InChI=1S/C12H13F2NO3/c1-2-15(11(16)6-12(17)18)7-8-3-4-9(13)10(14)5-8/h3-5H,2,6-7H2,1H3,(H,17,18). The van der Waals surface area contributed by atoms with Gasteiger partial charge in [-0.3, -0.25) is 9.59 Å². The van der Waals surface area contributed by atoms with Crippen LogP contribution in [0.25, 0.3) is 0 Å². The lowest BCUT2D eigenvalue weighted by molar-refractivity contribution is -0.144. The molecule has 0 saturated heterocycles. The van der Waals surface area contributed by atoms with Gasteiger partial charge in [0.1, 0.15) is 6.42 Å². The zero-order chi connectivity index (χ0) is 13.7. The van der Waals surface area contributed by atoms with Crippen molar-refractivity contribution in [1.82, 2.24) is 4.90 Å². The summed E-state index contributed by atoms with van der Waals surface area (Å²) in [6.45, 7) is 2.03. The Morgan fingerprint density at radius 1 is 1.28 bits per heavy atom. The van der Waals surface area contributed by atoms with Gasteiger partial charge < -0.3 is 10.0 Å². The topological polar surface area (TPSA) is 57.6 Å². The highest BCUT2D eigenvalue weighted by Crippen LogP contribution is 2.11. The molecule has 0 bridgehead atoms. The number of carbonyl (C=O) groups excluding carboxylic acids is 1. The van der Waals surface area contributed by atoms with Gasteiger partial charge in [-0.25, -0.2) is 8.78 Å². The second-order valence-electron chi connectivity index (χ2n) is 3.73. The maximum absolute atomic E-state index is 13.0. The minimum atomic E-state index is -1.22. The van der Waals surface area contributed by atoms with Gasteiger partial charge in [-0.05, 0) is 24.6 Å². The minimum absolute atomic E-state index is 0.0554. The van der Waals surface area contributed by atoms with E-state index in [1.165, 1.54) is 11.0 Å². The number of nitrogens with zero attached hydrogens (tertiary/aromatic N) is 1. The number of carboxylic acid groups (broad SMARTS) is 1. The second kappa shape index (κ2) is 6.09. The van der Waals surface area contributed by atoms with Crippen molar-refractivity contribution in [2.24, 2.45) is 0 Å². The molecule has 0 aliphatic rings. The summed E-state index contributed by atoms with van der Waals surface area (Å²) in [5, 5.41) is 8.52. The van der Waals surface area contributed by atoms with E-state index in [1.807, 2.05) is 0 Å². The zero-order valence-electron chi connectivity index (χ0n) is 9.82. The van der Waals surface area contributed by atoms with Crippen LogP contribution in [-0.4, -0.2) is 28.4 Å². The molecule has 0 saturated carbocycles. The number of rotatable bonds is 5. The Hall–Kier alpha value is -1.98. The Balaban J connectivity index is 2.76. The van der Waals surface area contributed by atoms with Crippen LogP contribution in [0.4, 0.5) is 8.78 Å². The number of halogens is 2. The quantitative estimate of drug-likeness (QED) is 0.818. The molecule has 1 aromatic carbocycles. The molecule has 1 aromatic rings. The highest BCUT2D eigenvalue weighted by atomic mass is 19.2. The van der Waals surface area contributed by atoms with Crippen molar-refractivity contribution in [3.05, 3.63) is 35.4 Å². The third kappa shape index (κ3) is 3.80. The number of aliphatic carboxylic acids is 1. The molecule has 0 aromatic heterocycles. The van der Waals surface area contributed by atoms with Crippen LogP contribution in [0, 0.1) is 11.6 Å². The largest absolute Gasteiger partial charge is 0.481 e. The Morgan fingerprint density at radius 2 is 1.94 bits per heavy atom. The number of carboxylic acids is 1. The molecule has 0 radical (unpaired) electrons. The highest BCUT2D eigenvalue weighted by Gasteiger charge is 2.16. The minimum Gasteiger partial charge on any atom is -0.481 e. The molecular weight excluding hydrogens is 244 g/mol. The average molecular weight is 257 g/mol. The molecular formula is C12H13F2NO3. The van der Waals surface area contributed by atoms with Crippen LogP contribution in [0.15, 0.2) is 18.2 Å². The first-order valence-corrected chi connectivity index (χ1v) is 5.37. The summed E-state index contributed by atoms with van der Waals surface area (Å²) < 4.78 is 25.7. The first-order valence-electron chi connectivity index (χ1n) is 5.37. The predicted octanol–water partition coefficient (Wildman–Crippen LogP) is 1.79. The van der Waals surface area contributed by atoms with Gasteiger partial charge in [0, 0.05) is 13.1 Å². The van der Waals surface area contributed by atoms with Crippen molar-refractivity contribution < 1.29 is 23.5 Å². The molecule has 1 amide bonds. The van der Waals surface area contributed by atoms with E-state index in [0.717, 1.165) is 12.1 Å². The van der Waals surface area contributed by atoms with Gasteiger partial charge in [0.15, 0.2) is 11.6 Å². The summed E-state index contributed by atoms with van der Waals surface area (Å²) in [6.07, 6.45) is -0.614. The van der Waals surface area contributed by atoms with Crippen molar-refractivity contribution in [2.75, 3.05) is 6.54 Å². The van der Waals surface area contributed by atoms with Gasteiger partial charge in [-0.15, -0.1) is 0 Å². The summed E-state index contributed by atoms with van der Waals surface area (Å²) in [5.74, 6) is -3.73. The lowest BCUT2D eigenvalue weighted by atomic mass is 10.2. The van der Waals surface area contributed by atoms with E-state index in [1.54, 1.807) is 6.92 Å². The maximum atomic E-state index is 13.0. The number of hydrogen-bond acceptors (Lipinski definition) is 2. The van der Waals surface area contributed by atoms with Crippen LogP contribution in [-0.2, 0) is 16.1 Å². The van der Waals surface area contributed by atoms with E-state index in [2.05, 4.69) is 0 Å². The van der Waals surface area contributed by atoms with Crippen LogP contribution in [0.2, 0.25) is 0 Å². The molecule has 98 valence electrons. The zero-order valence-corrected chi connectivity index (χ0v) is 9.82. The lowest BCUT2D eigenvalue weighted by Crippen LogP contribution is -2.31.